The second kappa shape index (κ2) is 13.9. The standard InChI is InChI=1S/C32H38FN5O3S/c33-23-18-16-22(17-19-23)28(31(40)36-25-14-8-3-9-15-25)38(20-21-10-4-1-5-11-21)32(41)29-26(34)27(37-42-29)30(39)35-24-12-6-2-7-13-24/h1,4-5,10-11,16-19,24-25,28H,2-3,6-9,12-15,20,34H2,(H,35,39)(H,36,40). The number of halogens is 1. The monoisotopic (exact) mass is 591 g/mol. The van der Waals surface area contributed by atoms with Gasteiger partial charge in [0.15, 0.2) is 5.69 Å². The van der Waals surface area contributed by atoms with Crippen LogP contribution >= 0.6 is 11.5 Å². The van der Waals surface area contributed by atoms with Crippen molar-refractivity contribution in [2.75, 3.05) is 5.73 Å². The molecule has 0 radical (unpaired) electrons. The number of carbonyl (C=O) groups is 3. The molecule has 3 aromatic rings. The number of nitrogens with one attached hydrogen (secondary N) is 2. The van der Waals surface area contributed by atoms with Crippen LogP contribution in [0.1, 0.15) is 102 Å². The van der Waals surface area contributed by atoms with Crippen LogP contribution in [0.4, 0.5) is 10.1 Å². The summed E-state index contributed by atoms with van der Waals surface area (Å²) in [5.41, 5.74) is 7.73. The van der Waals surface area contributed by atoms with Crippen LogP contribution < -0.4 is 16.4 Å². The van der Waals surface area contributed by atoms with Crippen molar-refractivity contribution >= 4 is 34.9 Å². The van der Waals surface area contributed by atoms with Gasteiger partial charge in [-0.3, -0.25) is 14.4 Å². The van der Waals surface area contributed by atoms with Gasteiger partial charge in [-0.15, -0.1) is 0 Å². The Morgan fingerprint density at radius 2 is 1.48 bits per heavy atom. The fraction of sp³-hybridized carbons (Fsp3) is 0.438. The third-order valence-electron chi connectivity index (χ3n) is 8.23. The van der Waals surface area contributed by atoms with Crippen LogP contribution in [0.3, 0.4) is 0 Å². The highest BCUT2D eigenvalue weighted by Crippen LogP contribution is 2.31. The third-order valence-corrected chi connectivity index (χ3v) is 9.08. The van der Waals surface area contributed by atoms with Crippen LogP contribution in [0.15, 0.2) is 54.6 Å². The third kappa shape index (κ3) is 7.15. The van der Waals surface area contributed by atoms with Crippen molar-refractivity contribution in [1.82, 2.24) is 19.9 Å². The molecular formula is C32H38FN5O3S. The van der Waals surface area contributed by atoms with E-state index in [4.69, 9.17) is 5.73 Å². The number of benzene rings is 2. The summed E-state index contributed by atoms with van der Waals surface area (Å²) in [6, 6.07) is 14.0. The number of hydrogen-bond donors (Lipinski definition) is 3. The minimum Gasteiger partial charge on any atom is -0.395 e. The van der Waals surface area contributed by atoms with E-state index in [1.807, 2.05) is 30.3 Å². The Labute approximate surface area is 250 Å². The van der Waals surface area contributed by atoms with Crippen molar-refractivity contribution < 1.29 is 18.8 Å². The van der Waals surface area contributed by atoms with Gasteiger partial charge in [-0.2, -0.15) is 4.37 Å². The molecule has 2 aromatic carbocycles. The highest BCUT2D eigenvalue weighted by molar-refractivity contribution is 7.09. The predicted octanol–water partition coefficient (Wildman–Crippen LogP) is 5.76. The maximum Gasteiger partial charge on any atom is 0.273 e. The average Bonchev–Trinajstić information content (AvgIpc) is 3.40. The van der Waals surface area contributed by atoms with Gasteiger partial charge >= 0.3 is 0 Å². The smallest absolute Gasteiger partial charge is 0.273 e. The zero-order chi connectivity index (χ0) is 29.5. The van der Waals surface area contributed by atoms with Gasteiger partial charge < -0.3 is 21.3 Å². The Hall–Kier alpha value is -3.79. The van der Waals surface area contributed by atoms with Crippen molar-refractivity contribution in [2.24, 2.45) is 0 Å². The molecular weight excluding hydrogens is 553 g/mol. The van der Waals surface area contributed by atoms with E-state index in [1.165, 1.54) is 29.2 Å². The Kier molecular flexibility index (Phi) is 9.84. The van der Waals surface area contributed by atoms with E-state index in [0.29, 0.717) is 5.56 Å². The second-order valence-corrected chi connectivity index (χ2v) is 12.1. The molecule has 5 rings (SSSR count). The molecule has 1 atom stereocenters. The molecule has 0 saturated heterocycles. The fourth-order valence-corrected chi connectivity index (χ4v) is 6.71. The van der Waals surface area contributed by atoms with E-state index < -0.39 is 23.7 Å². The molecule has 1 unspecified atom stereocenters. The molecule has 0 aliphatic heterocycles. The van der Waals surface area contributed by atoms with Gasteiger partial charge in [0.05, 0.1) is 5.69 Å². The van der Waals surface area contributed by atoms with Gasteiger partial charge in [-0.05, 0) is 60.5 Å². The molecule has 2 fully saturated rings. The molecule has 2 aliphatic carbocycles. The Morgan fingerprint density at radius 3 is 2.10 bits per heavy atom. The molecule has 1 aromatic heterocycles. The molecule has 2 aliphatic rings. The van der Waals surface area contributed by atoms with E-state index in [0.717, 1.165) is 81.3 Å². The summed E-state index contributed by atoms with van der Waals surface area (Å²) in [4.78, 5) is 42.9. The van der Waals surface area contributed by atoms with Crippen molar-refractivity contribution in [3.8, 4) is 0 Å². The number of hydrogen-bond acceptors (Lipinski definition) is 6. The summed E-state index contributed by atoms with van der Waals surface area (Å²) in [5.74, 6) is -1.68. The number of rotatable bonds is 9. The normalized spacial score (nSPS) is 16.9. The van der Waals surface area contributed by atoms with Crippen molar-refractivity contribution in [1.29, 1.82) is 0 Å². The summed E-state index contributed by atoms with van der Waals surface area (Å²) in [6.45, 7) is 0.0980. The van der Waals surface area contributed by atoms with Gasteiger partial charge in [0.1, 0.15) is 16.7 Å². The van der Waals surface area contributed by atoms with Crippen LogP contribution in [-0.2, 0) is 11.3 Å². The second-order valence-electron chi connectivity index (χ2n) is 11.3. The molecule has 0 spiro atoms. The molecule has 8 nitrogen and oxygen atoms in total. The first-order chi connectivity index (χ1) is 20.4. The van der Waals surface area contributed by atoms with Crippen molar-refractivity contribution in [3.63, 3.8) is 0 Å². The van der Waals surface area contributed by atoms with E-state index in [1.54, 1.807) is 0 Å². The largest absolute Gasteiger partial charge is 0.395 e. The van der Waals surface area contributed by atoms with Gasteiger partial charge in [-0.25, -0.2) is 4.39 Å². The molecule has 0 bridgehead atoms. The van der Waals surface area contributed by atoms with E-state index in [2.05, 4.69) is 15.0 Å². The molecule has 222 valence electrons. The first-order valence-electron chi connectivity index (χ1n) is 14.9. The lowest BCUT2D eigenvalue weighted by Gasteiger charge is -2.33. The first-order valence-corrected chi connectivity index (χ1v) is 15.6. The quantitative estimate of drug-likeness (QED) is 0.293. The van der Waals surface area contributed by atoms with Crippen LogP contribution in [0.5, 0.6) is 0 Å². The molecule has 1 heterocycles. The molecule has 10 heteroatoms. The number of anilines is 1. The van der Waals surface area contributed by atoms with E-state index in [-0.39, 0.29) is 40.8 Å². The van der Waals surface area contributed by atoms with Gasteiger partial charge in [-0.1, -0.05) is 81.0 Å². The maximum atomic E-state index is 14.3. The lowest BCUT2D eigenvalue weighted by molar-refractivity contribution is -0.127. The number of nitrogens with two attached hydrogens (primary N) is 1. The zero-order valence-electron chi connectivity index (χ0n) is 23.7. The molecule has 4 N–H and O–H groups in total. The number of nitrogen functional groups attached to an aromatic ring is 1. The zero-order valence-corrected chi connectivity index (χ0v) is 24.5. The molecule has 3 amide bonds. The van der Waals surface area contributed by atoms with Gasteiger partial charge in [0.2, 0.25) is 5.91 Å². The summed E-state index contributed by atoms with van der Waals surface area (Å²) in [7, 11) is 0. The lowest BCUT2D eigenvalue weighted by Crippen LogP contribution is -2.46. The van der Waals surface area contributed by atoms with Crippen molar-refractivity contribution in [2.45, 2.75) is 88.9 Å². The summed E-state index contributed by atoms with van der Waals surface area (Å²) in [5, 5.41) is 6.17. The van der Waals surface area contributed by atoms with Crippen LogP contribution in [0.25, 0.3) is 0 Å². The number of nitrogens with zero attached hydrogens (tertiary/aromatic N) is 2. The van der Waals surface area contributed by atoms with Crippen LogP contribution in [-0.4, -0.2) is 39.1 Å². The highest BCUT2D eigenvalue weighted by atomic mass is 32.1. The minimum atomic E-state index is -1.05. The first kappa shape index (κ1) is 29.7. The van der Waals surface area contributed by atoms with Gasteiger partial charge in [0.25, 0.3) is 11.8 Å². The van der Waals surface area contributed by atoms with Gasteiger partial charge in [0, 0.05) is 18.6 Å². The molecule has 42 heavy (non-hydrogen) atoms. The molecule has 2 saturated carbocycles. The van der Waals surface area contributed by atoms with E-state index in [9.17, 15) is 18.8 Å². The topological polar surface area (TPSA) is 117 Å². The minimum absolute atomic E-state index is 0.00177. The summed E-state index contributed by atoms with van der Waals surface area (Å²) in [6.07, 6.45) is 10.0. The number of aromatic nitrogens is 1. The van der Waals surface area contributed by atoms with Crippen LogP contribution in [0.2, 0.25) is 0 Å². The Morgan fingerprint density at radius 1 is 0.881 bits per heavy atom. The number of carbonyl (C=O) groups excluding carboxylic acids is 3. The highest BCUT2D eigenvalue weighted by Gasteiger charge is 2.36. The average molecular weight is 592 g/mol. The SMILES string of the molecule is Nc1c(C(=O)NC2CCCCC2)nsc1C(=O)N(Cc1ccccc1)C(C(=O)NC1CCCCC1)c1ccc(F)cc1. The van der Waals surface area contributed by atoms with Crippen molar-refractivity contribution in [3.05, 3.63) is 82.1 Å². The van der Waals surface area contributed by atoms with Crippen LogP contribution in [0, 0.1) is 5.82 Å². The predicted molar refractivity (Wildman–Crippen MR) is 161 cm³/mol. The summed E-state index contributed by atoms with van der Waals surface area (Å²) < 4.78 is 18.2. The summed E-state index contributed by atoms with van der Waals surface area (Å²) >= 11 is 0.857. The lowest BCUT2D eigenvalue weighted by atomic mass is 9.94. The maximum absolute atomic E-state index is 14.3. The van der Waals surface area contributed by atoms with E-state index >= 15 is 0 Å². The Balaban J connectivity index is 1.48. The Bertz CT molecular complexity index is 1370. The number of amides is 3. The fourth-order valence-electron chi connectivity index (χ4n) is 5.95.